The van der Waals surface area contributed by atoms with Crippen LogP contribution < -0.4 is 10.1 Å². The number of nitrogens with one attached hydrogen (secondary N) is 1. The summed E-state index contributed by atoms with van der Waals surface area (Å²) in [6.45, 7) is 6.51. The molecule has 1 fully saturated rings. The molecule has 2 aromatic carbocycles. The van der Waals surface area contributed by atoms with Crippen LogP contribution in [0.4, 0.5) is 5.69 Å². The number of anilines is 1. The lowest BCUT2D eigenvalue weighted by molar-refractivity contribution is 0.0679. The molecule has 0 aliphatic carbocycles. The minimum Gasteiger partial charge on any atom is -0.491 e. The molecule has 3 rings (SSSR count). The molecule has 0 radical (unpaired) electrons. The number of amides is 2. The summed E-state index contributed by atoms with van der Waals surface area (Å²) in [6.07, 6.45) is 2.26. The maximum atomic E-state index is 12.6. The van der Waals surface area contributed by atoms with Crippen LogP contribution in [0.2, 0.25) is 0 Å². The number of nitrogens with zero attached hydrogens (tertiary/aromatic N) is 1. The minimum absolute atomic E-state index is 0.0427. The molecule has 1 atom stereocenters. The first-order valence-electron chi connectivity index (χ1n) is 10.2. The first-order valence-corrected chi connectivity index (χ1v) is 10.2. The maximum absolute atomic E-state index is 12.6. The number of rotatable bonds is 8. The minimum atomic E-state index is -0.233. The predicted molar refractivity (Wildman–Crippen MR) is 113 cm³/mol. The number of carbonyl (C=O) groups is 2. The molecule has 0 saturated carbocycles. The molecule has 1 heterocycles. The van der Waals surface area contributed by atoms with Gasteiger partial charge in [-0.15, -0.1) is 0 Å². The molecule has 29 heavy (non-hydrogen) atoms. The standard InChI is InChI=1S/C23H28N2O4/c1-3-25(4-2)23(27)18-7-5-8-19(15-18)24-22(26)17-10-12-20(13-11-17)29-16-21-9-6-14-28-21/h5,7-8,10-13,15,21H,3-4,6,9,14,16H2,1-2H3,(H,24,26)/t21-/m0/s1. The lowest BCUT2D eigenvalue weighted by Crippen LogP contribution is -2.30. The van der Waals surface area contributed by atoms with E-state index in [1.54, 1.807) is 53.4 Å². The first-order chi connectivity index (χ1) is 14.1. The van der Waals surface area contributed by atoms with Crippen molar-refractivity contribution in [3.63, 3.8) is 0 Å². The summed E-state index contributed by atoms with van der Waals surface area (Å²) < 4.78 is 11.3. The third kappa shape index (κ3) is 5.57. The van der Waals surface area contributed by atoms with E-state index in [-0.39, 0.29) is 17.9 Å². The van der Waals surface area contributed by atoms with Gasteiger partial charge in [-0.2, -0.15) is 0 Å². The molecule has 2 aromatic rings. The number of carbonyl (C=O) groups excluding carboxylic acids is 2. The fraction of sp³-hybridized carbons (Fsp3) is 0.391. The van der Waals surface area contributed by atoms with Crippen LogP contribution in [0, 0.1) is 0 Å². The molecular formula is C23H28N2O4. The van der Waals surface area contributed by atoms with Crippen LogP contribution in [0.15, 0.2) is 48.5 Å². The van der Waals surface area contributed by atoms with Crippen molar-refractivity contribution in [2.45, 2.75) is 32.8 Å². The van der Waals surface area contributed by atoms with Crippen LogP contribution in [0.25, 0.3) is 0 Å². The van der Waals surface area contributed by atoms with Crippen LogP contribution in [-0.4, -0.2) is 49.1 Å². The summed E-state index contributed by atoms with van der Waals surface area (Å²) in [5, 5.41) is 2.85. The summed E-state index contributed by atoms with van der Waals surface area (Å²) in [5.41, 5.74) is 1.67. The first kappa shape index (κ1) is 20.9. The molecule has 1 aliphatic rings. The topological polar surface area (TPSA) is 67.9 Å². The summed E-state index contributed by atoms with van der Waals surface area (Å²) in [7, 11) is 0. The van der Waals surface area contributed by atoms with Crippen LogP contribution in [-0.2, 0) is 4.74 Å². The number of ether oxygens (including phenoxy) is 2. The maximum Gasteiger partial charge on any atom is 0.255 e. The molecule has 1 aliphatic heterocycles. The Bertz CT molecular complexity index is 825. The van der Waals surface area contributed by atoms with E-state index in [4.69, 9.17) is 9.47 Å². The van der Waals surface area contributed by atoms with Gasteiger partial charge in [0.15, 0.2) is 0 Å². The molecule has 0 aromatic heterocycles. The average Bonchev–Trinajstić information content (AvgIpc) is 3.27. The van der Waals surface area contributed by atoms with Gasteiger partial charge in [0, 0.05) is 36.5 Å². The summed E-state index contributed by atoms with van der Waals surface area (Å²) in [5.74, 6) is 0.436. The van der Waals surface area contributed by atoms with E-state index in [0.29, 0.717) is 42.3 Å². The van der Waals surface area contributed by atoms with Gasteiger partial charge in [-0.25, -0.2) is 0 Å². The molecular weight excluding hydrogens is 368 g/mol. The van der Waals surface area contributed by atoms with Crippen molar-refractivity contribution in [3.8, 4) is 5.75 Å². The smallest absolute Gasteiger partial charge is 0.255 e. The van der Waals surface area contributed by atoms with E-state index >= 15 is 0 Å². The Morgan fingerprint density at radius 2 is 1.86 bits per heavy atom. The Labute approximate surface area is 171 Å². The number of hydrogen-bond donors (Lipinski definition) is 1. The van der Waals surface area contributed by atoms with E-state index in [1.807, 2.05) is 13.8 Å². The zero-order valence-electron chi connectivity index (χ0n) is 17.0. The monoisotopic (exact) mass is 396 g/mol. The van der Waals surface area contributed by atoms with E-state index in [1.165, 1.54) is 0 Å². The fourth-order valence-corrected chi connectivity index (χ4v) is 3.29. The highest BCUT2D eigenvalue weighted by molar-refractivity contribution is 6.05. The average molecular weight is 396 g/mol. The second-order valence-corrected chi connectivity index (χ2v) is 6.98. The van der Waals surface area contributed by atoms with Gasteiger partial charge < -0.3 is 19.7 Å². The van der Waals surface area contributed by atoms with Gasteiger partial charge in [0.1, 0.15) is 12.4 Å². The van der Waals surface area contributed by atoms with Gasteiger partial charge in [0.05, 0.1) is 6.10 Å². The van der Waals surface area contributed by atoms with Crippen molar-refractivity contribution in [3.05, 3.63) is 59.7 Å². The van der Waals surface area contributed by atoms with E-state index < -0.39 is 0 Å². The van der Waals surface area contributed by atoms with Gasteiger partial charge >= 0.3 is 0 Å². The van der Waals surface area contributed by atoms with Crippen LogP contribution in [0.5, 0.6) is 5.75 Å². The van der Waals surface area contributed by atoms with Crippen molar-refractivity contribution < 1.29 is 19.1 Å². The van der Waals surface area contributed by atoms with E-state index in [0.717, 1.165) is 19.4 Å². The number of hydrogen-bond acceptors (Lipinski definition) is 4. The molecule has 154 valence electrons. The van der Waals surface area contributed by atoms with Crippen LogP contribution in [0.1, 0.15) is 47.4 Å². The molecule has 6 nitrogen and oxygen atoms in total. The van der Waals surface area contributed by atoms with Gasteiger partial charge in [-0.3, -0.25) is 9.59 Å². The Kier molecular flexibility index (Phi) is 7.25. The largest absolute Gasteiger partial charge is 0.491 e. The lowest BCUT2D eigenvalue weighted by Gasteiger charge is -2.19. The Morgan fingerprint density at radius 3 is 2.52 bits per heavy atom. The summed E-state index contributed by atoms with van der Waals surface area (Å²) >= 11 is 0. The third-order valence-corrected chi connectivity index (χ3v) is 4.99. The van der Waals surface area contributed by atoms with E-state index in [9.17, 15) is 9.59 Å². The van der Waals surface area contributed by atoms with Crippen molar-refractivity contribution >= 4 is 17.5 Å². The molecule has 2 amide bonds. The molecule has 0 spiro atoms. The summed E-state index contributed by atoms with van der Waals surface area (Å²) in [4.78, 5) is 26.8. The second-order valence-electron chi connectivity index (χ2n) is 6.98. The van der Waals surface area contributed by atoms with Crippen LogP contribution >= 0.6 is 0 Å². The number of benzene rings is 2. The molecule has 6 heteroatoms. The SMILES string of the molecule is CCN(CC)C(=O)c1cccc(NC(=O)c2ccc(OC[C@@H]3CCCO3)cc2)c1. The quantitative estimate of drug-likeness (QED) is 0.733. The fourth-order valence-electron chi connectivity index (χ4n) is 3.29. The zero-order chi connectivity index (χ0) is 20.6. The van der Waals surface area contributed by atoms with E-state index in [2.05, 4.69) is 5.32 Å². The molecule has 0 bridgehead atoms. The van der Waals surface area contributed by atoms with Crippen molar-refractivity contribution in [1.29, 1.82) is 0 Å². The van der Waals surface area contributed by atoms with Crippen molar-refractivity contribution in [2.24, 2.45) is 0 Å². The van der Waals surface area contributed by atoms with Gasteiger partial charge in [0.25, 0.3) is 11.8 Å². The highest BCUT2D eigenvalue weighted by atomic mass is 16.5. The Balaban J connectivity index is 1.59. The highest BCUT2D eigenvalue weighted by Gasteiger charge is 2.16. The predicted octanol–water partition coefficient (Wildman–Crippen LogP) is 3.98. The molecule has 1 saturated heterocycles. The van der Waals surface area contributed by atoms with Gasteiger partial charge in [0.2, 0.25) is 0 Å². The third-order valence-electron chi connectivity index (χ3n) is 4.99. The van der Waals surface area contributed by atoms with Gasteiger partial charge in [-0.1, -0.05) is 6.07 Å². The Morgan fingerprint density at radius 1 is 1.10 bits per heavy atom. The van der Waals surface area contributed by atoms with Gasteiger partial charge in [-0.05, 0) is 69.2 Å². The zero-order valence-corrected chi connectivity index (χ0v) is 17.0. The molecule has 1 N–H and O–H groups in total. The van der Waals surface area contributed by atoms with Crippen molar-refractivity contribution in [2.75, 3.05) is 31.6 Å². The molecule has 0 unspecified atom stereocenters. The highest BCUT2D eigenvalue weighted by Crippen LogP contribution is 2.18. The lowest BCUT2D eigenvalue weighted by atomic mass is 10.1. The van der Waals surface area contributed by atoms with Crippen LogP contribution in [0.3, 0.4) is 0 Å². The normalized spacial score (nSPS) is 15.7. The summed E-state index contributed by atoms with van der Waals surface area (Å²) in [6, 6.07) is 14.0. The Hall–Kier alpha value is -2.86. The van der Waals surface area contributed by atoms with Crippen molar-refractivity contribution in [1.82, 2.24) is 4.90 Å². The second kappa shape index (κ2) is 10.1.